The maximum Gasteiger partial charge on any atom is 0.207 e. The molecule has 0 spiro atoms. The molecule has 3 aromatic rings. The van der Waals surface area contributed by atoms with Gasteiger partial charge in [-0.3, -0.25) is 4.79 Å². The van der Waals surface area contributed by atoms with E-state index in [0.29, 0.717) is 17.0 Å². The molecule has 1 aliphatic rings. The molecule has 4 nitrogen and oxygen atoms in total. The average molecular weight is 409 g/mol. The number of carbonyl (C=O) groups excluding carboxylic acids is 1. The van der Waals surface area contributed by atoms with Crippen LogP contribution >= 0.6 is 22.9 Å². The fourth-order valence-electron chi connectivity index (χ4n) is 3.39. The molecule has 0 saturated heterocycles. The van der Waals surface area contributed by atoms with Crippen molar-refractivity contribution in [2.45, 2.75) is 26.4 Å². The Bertz CT molecular complexity index is 1130. The number of halogens is 1. The molecule has 0 fully saturated rings. The number of ketones is 1. The van der Waals surface area contributed by atoms with Gasteiger partial charge in [0.25, 0.3) is 0 Å². The lowest BCUT2D eigenvalue weighted by Gasteiger charge is -2.26. The zero-order valence-corrected chi connectivity index (χ0v) is 17.0. The van der Waals surface area contributed by atoms with Crippen LogP contribution in [0.1, 0.15) is 55.4 Å². The van der Waals surface area contributed by atoms with Crippen LogP contribution in [0.4, 0.5) is 0 Å². The largest absolute Gasteiger partial charge is 0.368 e. The molecule has 140 valence electrons. The fraction of sp³-hybridized carbons (Fsp3) is 0.227. The summed E-state index contributed by atoms with van der Waals surface area (Å²) in [5, 5.41) is 0.162. The molecule has 0 aliphatic carbocycles. The number of aryl methyl sites for hydroxylation is 1. The Morgan fingerprint density at radius 3 is 2.96 bits per heavy atom. The van der Waals surface area contributed by atoms with Crippen LogP contribution in [-0.4, -0.2) is 22.4 Å². The van der Waals surface area contributed by atoms with Crippen molar-refractivity contribution in [2.24, 2.45) is 0 Å². The van der Waals surface area contributed by atoms with Gasteiger partial charge in [-0.2, -0.15) is 0 Å². The lowest BCUT2D eigenvalue weighted by atomic mass is 9.91. The third kappa shape index (κ3) is 3.47. The number of ether oxygens (including phenoxy) is 1. The molecule has 0 radical (unpaired) electrons. The second-order valence-corrected chi connectivity index (χ2v) is 8.08. The smallest absolute Gasteiger partial charge is 0.207 e. The summed E-state index contributed by atoms with van der Waals surface area (Å²) in [6, 6.07) is 8.17. The number of nitrogens with zero attached hydrogens (tertiary/aromatic N) is 2. The third-order valence-corrected chi connectivity index (χ3v) is 6.09. The summed E-state index contributed by atoms with van der Waals surface area (Å²) in [6.07, 6.45) is 3.45. The van der Waals surface area contributed by atoms with Crippen LogP contribution in [0.2, 0.25) is 5.15 Å². The predicted molar refractivity (Wildman–Crippen MR) is 110 cm³/mol. The van der Waals surface area contributed by atoms with Crippen molar-refractivity contribution in [2.75, 3.05) is 6.61 Å². The third-order valence-electron chi connectivity index (χ3n) is 4.72. The summed E-state index contributed by atoms with van der Waals surface area (Å²) in [6.45, 7) is 4.48. The number of hydrogen-bond acceptors (Lipinski definition) is 5. The Kier molecular flexibility index (Phi) is 5.27. The van der Waals surface area contributed by atoms with Crippen molar-refractivity contribution < 1.29 is 9.53 Å². The van der Waals surface area contributed by atoms with Gasteiger partial charge in [-0.05, 0) is 55.2 Å². The molecule has 4 rings (SSSR count). The molecule has 2 aromatic heterocycles. The summed E-state index contributed by atoms with van der Waals surface area (Å²) in [7, 11) is 0. The lowest BCUT2D eigenvalue weighted by molar-refractivity contribution is 0.0697. The molecule has 0 N–H and O–H groups in total. The van der Waals surface area contributed by atoms with Crippen molar-refractivity contribution in [3.8, 4) is 11.8 Å². The zero-order valence-electron chi connectivity index (χ0n) is 15.5. The first-order valence-electron chi connectivity index (χ1n) is 8.86. The molecule has 0 amide bonds. The highest BCUT2D eigenvalue weighted by Gasteiger charge is 2.27. The standard InChI is InChI=1S/C22H17ClN2O2S/c1-3-4-14-5-6-15-7-8-27-21(17(15)9-14)16-10-19(28-13(16)2)20(26)18-11-24-12-25-22(18)23/h5-6,9-12,21H,7-8H2,1-2H3. The van der Waals surface area contributed by atoms with Crippen LogP contribution in [-0.2, 0) is 11.2 Å². The van der Waals surface area contributed by atoms with E-state index in [0.717, 1.165) is 28.0 Å². The van der Waals surface area contributed by atoms with E-state index in [4.69, 9.17) is 16.3 Å². The molecule has 6 heteroatoms. The van der Waals surface area contributed by atoms with Gasteiger partial charge in [0.15, 0.2) is 0 Å². The number of hydrogen-bond donors (Lipinski definition) is 0. The van der Waals surface area contributed by atoms with Gasteiger partial charge in [-0.15, -0.1) is 17.3 Å². The Balaban J connectivity index is 1.74. The Morgan fingerprint density at radius 1 is 1.32 bits per heavy atom. The summed E-state index contributed by atoms with van der Waals surface area (Å²) >= 11 is 7.51. The second kappa shape index (κ2) is 7.84. The van der Waals surface area contributed by atoms with Gasteiger partial charge in [0, 0.05) is 16.6 Å². The lowest BCUT2D eigenvalue weighted by Crippen LogP contribution is -2.17. The average Bonchev–Trinajstić information content (AvgIpc) is 3.09. The van der Waals surface area contributed by atoms with E-state index in [2.05, 4.69) is 33.9 Å². The topological polar surface area (TPSA) is 52.1 Å². The van der Waals surface area contributed by atoms with Crippen molar-refractivity contribution in [1.29, 1.82) is 0 Å². The van der Waals surface area contributed by atoms with Crippen LogP contribution in [0.5, 0.6) is 0 Å². The molecular weight excluding hydrogens is 392 g/mol. The summed E-state index contributed by atoms with van der Waals surface area (Å²) in [4.78, 5) is 22.4. The molecule has 1 unspecified atom stereocenters. The number of rotatable bonds is 3. The first-order chi connectivity index (χ1) is 13.6. The van der Waals surface area contributed by atoms with Gasteiger partial charge in [0.2, 0.25) is 5.78 Å². The molecular formula is C22H17ClN2O2S. The van der Waals surface area contributed by atoms with Crippen LogP contribution in [0.15, 0.2) is 36.8 Å². The minimum absolute atomic E-state index is 0.162. The van der Waals surface area contributed by atoms with E-state index in [-0.39, 0.29) is 17.0 Å². The molecule has 0 bridgehead atoms. The number of benzene rings is 1. The minimum Gasteiger partial charge on any atom is -0.368 e. The zero-order chi connectivity index (χ0) is 19.7. The molecule has 28 heavy (non-hydrogen) atoms. The van der Waals surface area contributed by atoms with Gasteiger partial charge in [-0.1, -0.05) is 23.6 Å². The monoisotopic (exact) mass is 408 g/mol. The number of aromatic nitrogens is 2. The molecule has 1 aromatic carbocycles. The SMILES string of the molecule is CC#Cc1ccc2c(c1)C(c1cc(C(=O)c3cncnc3Cl)sc1C)OCC2. The molecule has 0 saturated carbocycles. The molecule has 1 aliphatic heterocycles. The van der Waals surface area contributed by atoms with Crippen molar-refractivity contribution in [3.05, 3.63) is 79.5 Å². The predicted octanol–water partition coefficient (Wildman–Crippen LogP) is 4.76. The molecule has 3 heterocycles. The van der Waals surface area contributed by atoms with Crippen LogP contribution in [0.25, 0.3) is 0 Å². The van der Waals surface area contributed by atoms with E-state index in [1.165, 1.54) is 29.4 Å². The normalized spacial score (nSPS) is 15.5. The first-order valence-corrected chi connectivity index (χ1v) is 10.1. The Labute approximate surface area is 172 Å². The highest BCUT2D eigenvalue weighted by atomic mass is 35.5. The number of carbonyl (C=O) groups is 1. The minimum atomic E-state index is -0.206. The fourth-order valence-corrected chi connectivity index (χ4v) is 4.57. The quantitative estimate of drug-likeness (QED) is 0.356. The maximum atomic E-state index is 12.9. The van der Waals surface area contributed by atoms with Crippen LogP contribution < -0.4 is 0 Å². The van der Waals surface area contributed by atoms with E-state index in [9.17, 15) is 4.79 Å². The van der Waals surface area contributed by atoms with E-state index >= 15 is 0 Å². The summed E-state index contributed by atoms with van der Waals surface area (Å²) in [5.41, 5.74) is 4.66. The van der Waals surface area contributed by atoms with E-state index < -0.39 is 0 Å². The molecule has 1 atom stereocenters. The van der Waals surface area contributed by atoms with Crippen molar-refractivity contribution in [3.63, 3.8) is 0 Å². The first kappa shape index (κ1) is 18.8. The van der Waals surface area contributed by atoms with Gasteiger partial charge in [0.1, 0.15) is 17.6 Å². The van der Waals surface area contributed by atoms with Gasteiger partial charge < -0.3 is 4.74 Å². The number of fused-ring (bicyclic) bond motifs is 1. The Morgan fingerprint density at radius 2 is 2.18 bits per heavy atom. The second-order valence-electron chi connectivity index (χ2n) is 6.47. The van der Waals surface area contributed by atoms with Gasteiger partial charge >= 0.3 is 0 Å². The summed E-state index contributed by atoms with van der Waals surface area (Å²) < 4.78 is 6.12. The summed E-state index contributed by atoms with van der Waals surface area (Å²) in [5.74, 6) is 5.88. The van der Waals surface area contributed by atoms with Crippen molar-refractivity contribution in [1.82, 2.24) is 9.97 Å². The van der Waals surface area contributed by atoms with Crippen molar-refractivity contribution >= 4 is 28.7 Å². The highest BCUT2D eigenvalue weighted by molar-refractivity contribution is 7.14. The number of thiophene rings is 1. The van der Waals surface area contributed by atoms with E-state index in [1.54, 1.807) is 0 Å². The van der Waals surface area contributed by atoms with Gasteiger partial charge in [0.05, 0.1) is 17.0 Å². The van der Waals surface area contributed by atoms with E-state index in [1.807, 2.05) is 26.0 Å². The van der Waals surface area contributed by atoms with Gasteiger partial charge in [-0.25, -0.2) is 9.97 Å². The highest BCUT2D eigenvalue weighted by Crippen LogP contribution is 2.38. The van der Waals surface area contributed by atoms with Crippen LogP contribution in [0, 0.1) is 18.8 Å². The maximum absolute atomic E-state index is 12.9. The Hall–Kier alpha value is -2.52. The van der Waals surface area contributed by atoms with Crippen LogP contribution in [0.3, 0.4) is 0 Å².